The zero-order valence-corrected chi connectivity index (χ0v) is 11.7. The summed E-state index contributed by atoms with van der Waals surface area (Å²) in [5, 5.41) is 21.1. The molecule has 0 amide bonds. The predicted molar refractivity (Wildman–Crippen MR) is 60.3 cm³/mol. The molecule has 0 aromatic carbocycles. The third-order valence-corrected chi connectivity index (χ3v) is 1.55. The number of rotatable bonds is 2. The Morgan fingerprint density at radius 2 is 1.17 bits per heavy atom. The molecule has 0 unspecified atom stereocenters. The molecule has 0 spiro atoms. The van der Waals surface area contributed by atoms with Crippen molar-refractivity contribution in [1.29, 1.82) is 0 Å². The van der Waals surface area contributed by atoms with Gasteiger partial charge in [-0.1, -0.05) is 20.8 Å². The minimum Gasteiger partial charge on any atom is -0.450 e. The molecule has 0 aromatic rings. The minimum atomic E-state index is -4.59. The van der Waals surface area contributed by atoms with Crippen molar-refractivity contribution >= 4 is 21.6 Å². The third kappa shape index (κ3) is 108. The molecule has 0 bridgehead atoms. The summed E-state index contributed by atoms with van der Waals surface area (Å²) in [4.78, 5) is 39.4. The van der Waals surface area contributed by atoms with Crippen LogP contribution in [0.25, 0.3) is 0 Å². The van der Waals surface area contributed by atoms with Gasteiger partial charge in [-0.05, 0) is 0 Å². The van der Waals surface area contributed by atoms with Crippen molar-refractivity contribution in [2.75, 3.05) is 6.16 Å². The zero-order valence-electron chi connectivity index (χ0n) is 9.87. The summed E-state index contributed by atoms with van der Waals surface area (Å²) >= 11 is 0. The molecule has 18 heavy (non-hydrogen) atoms. The first-order valence-corrected chi connectivity index (χ1v) is 7.53. The first-order chi connectivity index (χ1) is 7.85. The lowest BCUT2D eigenvalue weighted by Gasteiger charge is -1.92. The SMILES string of the molecule is CC.CCP(=O)(O)O.O=C(O)O.O=P(O)(O)OO. The lowest BCUT2D eigenvalue weighted by atomic mass is 11.0. The van der Waals surface area contributed by atoms with Gasteiger partial charge in [0.1, 0.15) is 0 Å². The molecular weight excluding hydrogens is 298 g/mol. The predicted octanol–water partition coefficient (Wildman–Crippen LogP) is 1.00. The summed E-state index contributed by atoms with van der Waals surface area (Å²) in [5.74, 6) is 0. The molecule has 0 radical (unpaired) electrons. The van der Waals surface area contributed by atoms with Crippen molar-refractivity contribution in [3.8, 4) is 0 Å². The van der Waals surface area contributed by atoms with Crippen LogP contribution in [0.15, 0.2) is 0 Å². The highest BCUT2D eigenvalue weighted by Gasteiger charge is 2.10. The van der Waals surface area contributed by atoms with Crippen LogP contribution in [0.3, 0.4) is 0 Å². The van der Waals surface area contributed by atoms with Crippen LogP contribution in [0, 0.1) is 0 Å². The van der Waals surface area contributed by atoms with Gasteiger partial charge in [-0.2, -0.15) is 0 Å². The molecule has 0 fully saturated rings. The van der Waals surface area contributed by atoms with Crippen LogP contribution in [0.4, 0.5) is 4.79 Å². The van der Waals surface area contributed by atoms with E-state index in [1.165, 1.54) is 6.92 Å². The van der Waals surface area contributed by atoms with E-state index >= 15 is 0 Å². The zero-order chi connectivity index (χ0) is 16.0. The molecule has 0 aliphatic rings. The fraction of sp³-hybridized carbons (Fsp3) is 0.800. The van der Waals surface area contributed by atoms with Crippen molar-refractivity contribution in [2.24, 2.45) is 0 Å². The van der Waals surface area contributed by atoms with Crippen molar-refractivity contribution in [3.05, 3.63) is 0 Å². The average molecular weight is 316 g/mol. The van der Waals surface area contributed by atoms with Crippen LogP contribution in [0.1, 0.15) is 20.8 Å². The van der Waals surface area contributed by atoms with E-state index in [4.69, 9.17) is 39.8 Å². The van der Waals surface area contributed by atoms with E-state index < -0.39 is 21.6 Å². The molecule has 114 valence electrons. The highest BCUT2D eigenvalue weighted by molar-refractivity contribution is 7.51. The topological polar surface area (TPSA) is 202 Å². The van der Waals surface area contributed by atoms with E-state index in [0.717, 1.165) is 0 Å². The maximum absolute atomic E-state index is 9.69. The highest BCUT2D eigenvalue weighted by Crippen LogP contribution is 2.33. The van der Waals surface area contributed by atoms with Crippen LogP contribution in [-0.4, -0.2) is 47.4 Å². The van der Waals surface area contributed by atoms with Crippen LogP contribution in [-0.2, 0) is 13.8 Å². The Hall–Kier alpha value is -0.510. The number of phosphoric acid groups is 1. The second-order valence-corrected chi connectivity index (χ2v) is 4.94. The van der Waals surface area contributed by atoms with Crippen LogP contribution < -0.4 is 0 Å². The number of hydrogen-bond acceptors (Lipinski definition) is 5. The smallest absolute Gasteiger partial charge is 0.450 e. The Morgan fingerprint density at radius 1 is 1.06 bits per heavy atom. The summed E-state index contributed by atoms with van der Waals surface area (Å²) < 4.78 is 21.5. The Balaban J connectivity index is -0.0000000777. The molecule has 11 nitrogen and oxygen atoms in total. The molecule has 7 N–H and O–H groups in total. The summed E-state index contributed by atoms with van der Waals surface area (Å²) in [6.07, 6.45) is -1.90. The van der Waals surface area contributed by atoms with Crippen LogP contribution >= 0.6 is 15.4 Å². The van der Waals surface area contributed by atoms with Crippen molar-refractivity contribution in [2.45, 2.75) is 20.8 Å². The standard InChI is InChI=1S/C2H7O3P.C2H6.CH2O3.H3O5P/c1-2-6(3,4)5;1-2;2-1(3)4;1-5-6(2,3)4/h2H2,1H3,(H2,3,4,5);1-2H3;(H2,2,3,4);1H,(H2,2,3,4). The molecule has 0 saturated carbocycles. The van der Waals surface area contributed by atoms with Gasteiger partial charge in [-0.3, -0.25) is 4.57 Å². The van der Waals surface area contributed by atoms with Crippen molar-refractivity contribution in [3.63, 3.8) is 0 Å². The maximum atomic E-state index is 9.69. The van der Waals surface area contributed by atoms with Gasteiger partial charge in [0.05, 0.1) is 0 Å². The second-order valence-electron chi connectivity index (χ2n) is 1.84. The van der Waals surface area contributed by atoms with Gasteiger partial charge in [0.25, 0.3) is 0 Å². The summed E-state index contributed by atoms with van der Waals surface area (Å²) in [6.45, 7) is 5.45. The highest BCUT2D eigenvalue weighted by atomic mass is 31.2. The summed E-state index contributed by atoms with van der Waals surface area (Å²) in [5.41, 5.74) is 0. The van der Waals surface area contributed by atoms with Gasteiger partial charge in [0, 0.05) is 6.16 Å². The lowest BCUT2D eigenvalue weighted by Crippen LogP contribution is -1.81. The molecule has 0 aliphatic carbocycles. The van der Waals surface area contributed by atoms with Crippen LogP contribution in [0.5, 0.6) is 0 Å². The van der Waals surface area contributed by atoms with Gasteiger partial charge in [0.15, 0.2) is 0 Å². The van der Waals surface area contributed by atoms with Gasteiger partial charge in [-0.15, -0.1) is 4.67 Å². The quantitative estimate of drug-likeness (QED) is 0.217. The van der Waals surface area contributed by atoms with E-state index in [-0.39, 0.29) is 6.16 Å². The van der Waals surface area contributed by atoms with Gasteiger partial charge in [0.2, 0.25) is 0 Å². The first-order valence-electron chi connectivity index (χ1n) is 4.20. The number of carboxylic acid groups (broad SMARTS) is 2. The Bertz CT molecular complexity index is 239. The van der Waals surface area contributed by atoms with E-state index in [1.54, 1.807) is 0 Å². The van der Waals surface area contributed by atoms with E-state index in [9.17, 15) is 9.13 Å². The molecule has 0 aromatic heterocycles. The molecular formula is C5H18O11P2. The molecule has 0 aliphatic heterocycles. The van der Waals surface area contributed by atoms with Crippen molar-refractivity contribution < 1.29 is 53.6 Å². The third-order valence-electron chi connectivity index (χ3n) is 0.518. The summed E-state index contributed by atoms with van der Waals surface area (Å²) in [6, 6.07) is 0. The Morgan fingerprint density at radius 3 is 1.17 bits per heavy atom. The molecule has 0 heterocycles. The monoisotopic (exact) mass is 316 g/mol. The minimum absolute atomic E-state index is 0.0625. The van der Waals surface area contributed by atoms with E-state index in [1.807, 2.05) is 13.8 Å². The number of carbonyl (C=O) groups is 1. The Labute approximate surface area is 103 Å². The van der Waals surface area contributed by atoms with Crippen LogP contribution in [0.2, 0.25) is 0 Å². The van der Waals surface area contributed by atoms with Crippen molar-refractivity contribution in [1.82, 2.24) is 0 Å². The molecule has 0 saturated heterocycles. The maximum Gasteiger partial charge on any atom is 0.503 e. The normalized spacial score (nSPS) is 9.56. The average Bonchev–Trinajstić information content (AvgIpc) is 2.19. The Kier molecular flexibility index (Phi) is 21.1. The fourth-order valence-corrected chi connectivity index (χ4v) is 0. The molecule has 0 rings (SSSR count). The molecule has 13 heteroatoms. The lowest BCUT2D eigenvalue weighted by molar-refractivity contribution is -0.158. The largest absolute Gasteiger partial charge is 0.503 e. The fourth-order valence-electron chi connectivity index (χ4n) is 0. The van der Waals surface area contributed by atoms with Gasteiger partial charge < -0.3 is 29.8 Å². The number of hydrogen-bond donors (Lipinski definition) is 7. The summed E-state index contributed by atoms with van der Waals surface area (Å²) in [7, 11) is -8.24. The van der Waals surface area contributed by atoms with Gasteiger partial charge in [-0.25, -0.2) is 14.6 Å². The molecule has 0 atom stereocenters. The second kappa shape index (κ2) is 14.6. The first kappa shape index (κ1) is 26.1. The van der Waals surface area contributed by atoms with E-state index in [2.05, 4.69) is 4.67 Å². The van der Waals surface area contributed by atoms with E-state index in [0.29, 0.717) is 0 Å². The van der Waals surface area contributed by atoms with Gasteiger partial charge >= 0.3 is 21.6 Å².